The maximum atomic E-state index is 12.5. The molecule has 0 aliphatic rings. The minimum absolute atomic E-state index is 0.133. The number of amides is 1. The fraction of sp³-hybridized carbons (Fsp3) is 0.0714. The molecule has 0 aromatic heterocycles. The first-order valence-electron chi connectivity index (χ1n) is 5.71. The second kappa shape index (κ2) is 6.23. The van der Waals surface area contributed by atoms with E-state index in [0.717, 1.165) is 21.8 Å². The molecule has 0 saturated carbocycles. The molecule has 0 unspecified atom stereocenters. The number of halogens is 5. The number of anilines is 1. The van der Waals surface area contributed by atoms with Crippen molar-refractivity contribution in [2.45, 2.75) is 6.18 Å². The van der Waals surface area contributed by atoms with Crippen molar-refractivity contribution in [3.05, 3.63) is 62.2 Å². The Kier molecular flexibility index (Phi) is 4.77. The van der Waals surface area contributed by atoms with Gasteiger partial charge in [-0.15, -0.1) is 0 Å². The fourth-order valence-corrected chi connectivity index (χ4v) is 2.39. The highest BCUT2D eigenvalue weighted by Gasteiger charge is 2.31. The standard InChI is InChI=1S/C14H8ClF3INO/c15-11-7-9(14(16,17)18)4-5-12(11)20-13(21)8-2-1-3-10(19)6-8/h1-7H,(H,20,21). The number of benzene rings is 2. The van der Waals surface area contributed by atoms with Crippen LogP contribution in [0.4, 0.5) is 18.9 Å². The lowest BCUT2D eigenvalue weighted by atomic mass is 10.1. The maximum Gasteiger partial charge on any atom is 0.416 e. The van der Waals surface area contributed by atoms with Crippen LogP contribution < -0.4 is 5.32 Å². The summed E-state index contributed by atoms with van der Waals surface area (Å²) in [6.07, 6.45) is -4.47. The van der Waals surface area contributed by atoms with E-state index in [-0.39, 0.29) is 10.7 Å². The van der Waals surface area contributed by atoms with Crippen LogP contribution in [0.1, 0.15) is 15.9 Å². The summed E-state index contributed by atoms with van der Waals surface area (Å²) in [7, 11) is 0. The summed E-state index contributed by atoms with van der Waals surface area (Å²) in [6.45, 7) is 0. The first-order valence-corrected chi connectivity index (χ1v) is 7.17. The van der Waals surface area contributed by atoms with Crippen molar-refractivity contribution < 1.29 is 18.0 Å². The van der Waals surface area contributed by atoms with Gasteiger partial charge in [-0.2, -0.15) is 13.2 Å². The number of alkyl halides is 3. The summed E-state index contributed by atoms with van der Waals surface area (Å²) in [5, 5.41) is 2.33. The van der Waals surface area contributed by atoms with Gasteiger partial charge in [-0.1, -0.05) is 17.7 Å². The smallest absolute Gasteiger partial charge is 0.321 e. The van der Waals surface area contributed by atoms with Crippen LogP contribution in [-0.4, -0.2) is 5.91 Å². The monoisotopic (exact) mass is 425 g/mol. The normalized spacial score (nSPS) is 11.3. The van der Waals surface area contributed by atoms with Crippen molar-refractivity contribution >= 4 is 45.8 Å². The molecule has 110 valence electrons. The summed E-state index contributed by atoms with van der Waals surface area (Å²) < 4.78 is 38.4. The zero-order chi connectivity index (χ0) is 15.6. The molecular formula is C14H8ClF3INO. The van der Waals surface area contributed by atoms with Crippen LogP contribution in [0.15, 0.2) is 42.5 Å². The Labute approximate surface area is 137 Å². The quantitative estimate of drug-likeness (QED) is 0.657. The lowest BCUT2D eigenvalue weighted by molar-refractivity contribution is -0.137. The van der Waals surface area contributed by atoms with Crippen molar-refractivity contribution in [3.8, 4) is 0 Å². The minimum Gasteiger partial charge on any atom is -0.321 e. The van der Waals surface area contributed by atoms with Gasteiger partial charge in [0.1, 0.15) is 0 Å². The van der Waals surface area contributed by atoms with Crippen molar-refractivity contribution in [3.63, 3.8) is 0 Å². The third-order valence-electron chi connectivity index (χ3n) is 2.63. The number of hydrogen-bond acceptors (Lipinski definition) is 1. The molecule has 0 heterocycles. The third kappa shape index (κ3) is 4.10. The largest absolute Gasteiger partial charge is 0.416 e. The molecule has 7 heteroatoms. The van der Waals surface area contributed by atoms with E-state index >= 15 is 0 Å². The molecule has 0 aliphatic carbocycles. The highest BCUT2D eigenvalue weighted by Crippen LogP contribution is 2.33. The Hall–Kier alpha value is -1.28. The van der Waals surface area contributed by atoms with E-state index in [1.165, 1.54) is 0 Å². The Bertz CT molecular complexity index is 688. The summed E-state index contributed by atoms with van der Waals surface area (Å²) in [5.74, 6) is -0.435. The van der Waals surface area contributed by atoms with Gasteiger partial charge in [0.05, 0.1) is 16.3 Å². The molecule has 1 amide bonds. The summed E-state index contributed by atoms with van der Waals surface area (Å²) >= 11 is 7.84. The second-order valence-electron chi connectivity index (χ2n) is 4.16. The first kappa shape index (κ1) is 16.1. The van der Waals surface area contributed by atoms with Gasteiger partial charge in [0.25, 0.3) is 5.91 Å². The molecule has 0 aliphatic heterocycles. The van der Waals surface area contributed by atoms with Gasteiger partial charge < -0.3 is 5.32 Å². The van der Waals surface area contributed by atoms with Crippen molar-refractivity contribution in [2.75, 3.05) is 5.32 Å². The zero-order valence-electron chi connectivity index (χ0n) is 10.3. The Morgan fingerprint density at radius 1 is 1.14 bits per heavy atom. The van der Waals surface area contributed by atoms with E-state index in [9.17, 15) is 18.0 Å². The molecule has 0 saturated heterocycles. The minimum atomic E-state index is -4.47. The Balaban J connectivity index is 2.22. The number of hydrogen-bond donors (Lipinski definition) is 1. The molecule has 21 heavy (non-hydrogen) atoms. The third-order valence-corrected chi connectivity index (χ3v) is 3.62. The SMILES string of the molecule is O=C(Nc1ccc(C(F)(F)F)cc1Cl)c1cccc(I)c1. The van der Waals surface area contributed by atoms with Gasteiger partial charge in [-0.25, -0.2) is 0 Å². The number of rotatable bonds is 2. The second-order valence-corrected chi connectivity index (χ2v) is 5.81. The van der Waals surface area contributed by atoms with E-state index in [2.05, 4.69) is 27.9 Å². The van der Waals surface area contributed by atoms with Crippen molar-refractivity contribution in [1.29, 1.82) is 0 Å². The van der Waals surface area contributed by atoms with Gasteiger partial charge >= 0.3 is 6.18 Å². The highest BCUT2D eigenvalue weighted by molar-refractivity contribution is 14.1. The molecule has 2 nitrogen and oxygen atoms in total. The molecular weight excluding hydrogens is 418 g/mol. The first-order chi connectivity index (χ1) is 9.77. The number of carbonyl (C=O) groups is 1. The van der Waals surface area contributed by atoms with Crippen molar-refractivity contribution in [1.82, 2.24) is 0 Å². The van der Waals surface area contributed by atoms with Crippen LogP contribution in [-0.2, 0) is 6.18 Å². The van der Waals surface area contributed by atoms with E-state index in [1.807, 2.05) is 6.07 Å². The van der Waals surface area contributed by atoms with Gasteiger partial charge in [-0.05, 0) is 59.0 Å². The lowest BCUT2D eigenvalue weighted by Gasteiger charge is -2.11. The molecule has 2 aromatic rings. The van der Waals surface area contributed by atoms with E-state index in [1.54, 1.807) is 18.2 Å². The van der Waals surface area contributed by atoms with Gasteiger partial charge in [0, 0.05) is 9.13 Å². The predicted octanol–water partition coefficient (Wildman–Crippen LogP) is 5.22. The summed E-state index contributed by atoms with van der Waals surface area (Å²) in [4.78, 5) is 12.0. The summed E-state index contributed by atoms with van der Waals surface area (Å²) in [5.41, 5.74) is -0.328. The zero-order valence-corrected chi connectivity index (χ0v) is 13.3. The Morgan fingerprint density at radius 2 is 1.86 bits per heavy atom. The lowest BCUT2D eigenvalue weighted by Crippen LogP contribution is -2.13. The molecule has 2 aromatic carbocycles. The van der Waals surface area contributed by atoms with E-state index in [4.69, 9.17) is 11.6 Å². The maximum absolute atomic E-state index is 12.5. The summed E-state index contributed by atoms with van der Waals surface area (Å²) in [6, 6.07) is 9.59. The average molecular weight is 426 g/mol. The van der Waals surface area contributed by atoms with Crippen LogP contribution in [0, 0.1) is 3.57 Å². The highest BCUT2D eigenvalue weighted by atomic mass is 127. The fourth-order valence-electron chi connectivity index (χ4n) is 1.62. The van der Waals surface area contributed by atoms with Crippen molar-refractivity contribution in [2.24, 2.45) is 0 Å². The molecule has 0 fully saturated rings. The average Bonchev–Trinajstić information content (AvgIpc) is 2.39. The van der Waals surface area contributed by atoms with Gasteiger partial charge in [0.15, 0.2) is 0 Å². The Morgan fingerprint density at radius 3 is 2.43 bits per heavy atom. The van der Waals surface area contributed by atoms with Crippen LogP contribution in [0.2, 0.25) is 5.02 Å². The van der Waals surface area contributed by atoms with E-state index < -0.39 is 17.6 Å². The number of carbonyl (C=O) groups excluding carboxylic acids is 1. The van der Waals surface area contributed by atoms with Gasteiger partial charge in [0.2, 0.25) is 0 Å². The molecule has 1 N–H and O–H groups in total. The van der Waals surface area contributed by atoms with Crippen LogP contribution in [0.25, 0.3) is 0 Å². The van der Waals surface area contributed by atoms with Gasteiger partial charge in [-0.3, -0.25) is 4.79 Å². The number of nitrogens with one attached hydrogen (secondary N) is 1. The van der Waals surface area contributed by atoms with Crippen LogP contribution >= 0.6 is 34.2 Å². The topological polar surface area (TPSA) is 29.1 Å². The molecule has 0 radical (unpaired) electrons. The molecule has 0 atom stereocenters. The molecule has 0 spiro atoms. The van der Waals surface area contributed by atoms with Crippen LogP contribution in [0.5, 0.6) is 0 Å². The molecule has 0 bridgehead atoms. The van der Waals surface area contributed by atoms with E-state index in [0.29, 0.717) is 5.56 Å². The predicted molar refractivity (Wildman–Crippen MR) is 83.6 cm³/mol. The molecule has 2 rings (SSSR count). The van der Waals surface area contributed by atoms with Crippen LogP contribution in [0.3, 0.4) is 0 Å².